The van der Waals surface area contributed by atoms with E-state index in [0.717, 1.165) is 0 Å². The number of methoxy groups -OCH3 is 3. The molecular weight excluding hydrogens is 386 g/mol. The van der Waals surface area contributed by atoms with Crippen LogP contribution in [0.3, 0.4) is 0 Å². The molecule has 1 heterocycles. The summed E-state index contributed by atoms with van der Waals surface area (Å²) in [4.78, 5) is 38.9. The van der Waals surface area contributed by atoms with Gasteiger partial charge in [0.25, 0.3) is 5.91 Å². The van der Waals surface area contributed by atoms with Crippen molar-refractivity contribution in [3.63, 3.8) is 0 Å². The SMILES string of the molecule is COC(=O)C1=C(C)N(c2ccc(C(=O)OC)cc2)C(=O)C1=Cc1ccccc1OC. The van der Waals surface area contributed by atoms with E-state index in [1.807, 2.05) is 12.1 Å². The van der Waals surface area contributed by atoms with E-state index in [1.165, 1.54) is 26.2 Å². The predicted molar refractivity (Wildman–Crippen MR) is 111 cm³/mol. The van der Waals surface area contributed by atoms with E-state index < -0.39 is 11.9 Å². The van der Waals surface area contributed by atoms with E-state index in [2.05, 4.69) is 0 Å². The number of hydrogen-bond acceptors (Lipinski definition) is 6. The van der Waals surface area contributed by atoms with Gasteiger partial charge in [-0.1, -0.05) is 18.2 Å². The molecule has 0 saturated heterocycles. The zero-order valence-corrected chi connectivity index (χ0v) is 17.1. The lowest BCUT2D eigenvalue weighted by Gasteiger charge is -2.18. The number of amides is 1. The first-order valence-electron chi connectivity index (χ1n) is 9.10. The quantitative estimate of drug-likeness (QED) is 0.558. The molecular formula is C23H21NO6. The molecule has 1 aliphatic heterocycles. The smallest absolute Gasteiger partial charge is 0.340 e. The van der Waals surface area contributed by atoms with Gasteiger partial charge in [-0.05, 0) is 43.3 Å². The molecule has 3 rings (SSSR count). The van der Waals surface area contributed by atoms with Crippen LogP contribution in [0.25, 0.3) is 6.08 Å². The summed E-state index contributed by atoms with van der Waals surface area (Å²) in [5.74, 6) is -0.908. The fourth-order valence-corrected chi connectivity index (χ4v) is 3.30. The number of allylic oxidation sites excluding steroid dienone is 1. The van der Waals surface area contributed by atoms with Crippen LogP contribution < -0.4 is 9.64 Å². The second-order valence-corrected chi connectivity index (χ2v) is 6.43. The normalized spacial score (nSPS) is 14.9. The third-order valence-corrected chi connectivity index (χ3v) is 4.77. The summed E-state index contributed by atoms with van der Waals surface area (Å²) >= 11 is 0. The van der Waals surface area contributed by atoms with Crippen molar-refractivity contribution in [2.24, 2.45) is 0 Å². The van der Waals surface area contributed by atoms with E-state index in [1.54, 1.807) is 49.4 Å². The van der Waals surface area contributed by atoms with E-state index in [-0.39, 0.29) is 17.1 Å². The van der Waals surface area contributed by atoms with Gasteiger partial charge < -0.3 is 14.2 Å². The predicted octanol–water partition coefficient (Wildman–Crippen LogP) is 3.36. The Balaban J connectivity index is 2.10. The van der Waals surface area contributed by atoms with Gasteiger partial charge in [-0.2, -0.15) is 0 Å². The van der Waals surface area contributed by atoms with Crippen molar-refractivity contribution in [2.75, 3.05) is 26.2 Å². The highest BCUT2D eigenvalue weighted by Crippen LogP contribution is 2.36. The van der Waals surface area contributed by atoms with Gasteiger partial charge in [-0.15, -0.1) is 0 Å². The standard InChI is InChI=1S/C23H21NO6/c1-14-20(23(27)30-4)18(13-16-7-5-6-8-19(16)28-2)21(25)24(14)17-11-9-15(10-12-17)22(26)29-3/h5-13H,1-4H3. The van der Waals surface area contributed by atoms with Gasteiger partial charge in [-0.25, -0.2) is 9.59 Å². The van der Waals surface area contributed by atoms with E-state index >= 15 is 0 Å². The molecule has 7 nitrogen and oxygen atoms in total. The Bertz CT molecular complexity index is 1070. The molecule has 0 radical (unpaired) electrons. The number of nitrogens with zero attached hydrogens (tertiary/aromatic N) is 1. The molecule has 0 fully saturated rings. The Morgan fingerprint density at radius 2 is 1.53 bits per heavy atom. The number of carbonyl (C=O) groups is 3. The van der Waals surface area contributed by atoms with Gasteiger partial charge in [0.05, 0.1) is 38.0 Å². The average Bonchev–Trinajstić information content (AvgIpc) is 3.02. The summed E-state index contributed by atoms with van der Waals surface area (Å²) in [5, 5.41) is 0. The van der Waals surface area contributed by atoms with Crippen molar-refractivity contribution in [1.29, 1.82) is 0 Å². The Kier molecular flexibility index (Phi) is 6.01. The number of ether oxygens (including phenoxy) is 3. The Hall–Kier alpha value is -3.87. The van der Waals surface area contributed by atoms with E-state index in [0.29, 0.717) is 28.3 Å². The summed E-state index contributed by atoms with van der Waals surface area (Å²) in [6.07, 6.45) is 1.61. The van der Waals surface area contributed by atoms with Gasteiger partial charge in [0, 0.05) is 16.9 Å². The molecule has 0 spiro atoms. The monoisotopic (exact) mass is 407 g/mol. The van der Waals surface area contributed by atoms with Crippen LogP contribution in [0.5, 0.6) is 5.75 Å². The van der Waals surface area contributed by atoms with Crippen LogP contribution in [0.15, 0.2) is 65.4 Å². The third-order valence-electron chi connectivity index (χ3n) is 4.77. The van der Waals surface area contributed by atoms with Crippen molar-refractivity contribution in [3.8, 4) is 5.75 Å². The lowest BCUT2D eigenvalue weighted by molar-refractivity contribution is -0.136. The first-order chi connectivity index (χ1) is 14.4. The van der Waals surface area contributed by atoms with Gasteiger partial charge >= 0.3 is 11.9 Å². The molecule has 0 saturated carbocycles. The zero-order valence-electron chi connectivity index (χ0n) is 17.1. The third kappa shape index (κ3) is 3.69. The van der Waals surface area contributed by atoms with Crippen LogP contribution >= 0.6 is 0 Å². The van der Waals surface area contributed by atoms with Crippen LogP contribution in [-0.2, 0) is 19.1 Å². The number of carbonyl (C=O) groups excluding carboxylic acids is 3. The number of anilines is 1. The Morgan fingerprint density at radius 1 is 0.900 bits per heavy atom. The molecule has 0 N–H and O–H groups in total. The van der Waals surface area contributed by atoms with Crippen LogP contribution in [-0.4, -0.2) is 39.2 Å². The van der Waals surface area contributed by atoms with Crippen molar-refractivity contribution < 1.29 is 28.6 Å². The Labute approximate surface area is 174 Å². The minimum absolute atomic E-state index is 0.172. The lowest BCUT2D eigenvalue weighted by Crippen LogP contribution is -2.24. The maximum Gasteiger partial charge on any atom is 0.340 e. The maximum absolute atomic E-state index is 13.3. The first kappa shape index (κ1) is 20.9. The van der Waals surface area contributed by atoms with Gasteiger partial charge in [-0.3, -0.25) is 9.69 Å². The fraction of sp³-hybridized carbons (Fsp3) is 0.174. The summed E-state index contributed by atoms with van der Waals surface area (Å²) in [7, 11) is 4.09. The molecule has 1 aliphatic rings. The summed E-state index contributed by atoms with van der Waals surface area (Å²) < 4.78 is 15.0. The molecule has 1 amide bonds. The summed E-state index contributed by atoms with van der Waals surface area (Å²) in [5.41, 5.74) is 2.31. The van der Waals surface area contributed by atoms with Crippen LogP contribution in [0, 0.1) is 0 Å². The molecule has 0 aliphatic carbocycles. The number of esters is 2. The molecule has 2 aromatic rings. The molecule has 0 aromatic heterocycles. The van der Waals surface area contributed by atoms with E-state index in [4.69, 9.17) is 14.2 Å². The number of para-hydroxylation sites is 1. The molecule has 2 aromatic carbocycles. The molecule has 0 bridgehead atoms. The molecule has 0 unspecified atom stereocenters. The second kappa shape index (κ2) is 8.65. The van der Waals surface area contributed by atoms with Crippen molar-refractivity contribution in [3.05, 3.63) is 76.5 Å². The molecule has 154 valence electrons. The van der Waals surface area contributed by atoms with Gasteiger partial charge in [0.1, 0.15) is 5.75 Å². The van der Waals surface area contributed by atoms with Gasteiger partial charge in [0.2, 0.25) is 0 Å². The zero-order chi connectivity index (χ0) is 21.8. The number of benzene rings is 2. The maximum atomic E-state index is 13.3. The molecule has 30 heavy (non-hydrogen) atoms. The minimum Gasteiger partial charge on any atom is -0.496 e. The largest absolute Gasteiger partial charge is 0.496 e. The van der Waals surface area contributed by atoms with Crippen molar-refractivity contribution in [2.45, 2.75) is 6.92 Å². The summed E-state index contributed by atoms with van der Waals surface area (Å²) in [6.45, 7) is 1.67. The van der Waals surface area contributed by atoms with Crippen LogP contribution in [0.2, 0.25) is 0 Å². The minimum atomic E-state index is -0.615. The topological polar surface area (TPSA) is 82.1 Å². The first-order valence-corrected chi connectivity index (χ1v) is 9.10. The lowest BCUT2D eigenvalue weighted by atomic mass is 10.0. The molecule has 7 heteroatoms. The van der Waals surface area contributed by atoms with Crippen molar-refractivity contribution in [1.82, 2.24) is 0 Å². The number of hydrogen-bond donors (Lipinski definition) is 0. The second-order valence-electron chi connectivity index (χ2n) is 6.43. The highest BCUT2D eigenvalue weighted by atomic mass is 16.5. The van der Waals surface area contributed by atoms with Crippen molar-refractivity contribution >= 4 is 29.6 Å². The average molecular weight is 407 g/mol. The Morgan fingerprint density at radius 3 is 2.13 bits per heavy atom. The highest BCUT2D eigenvalue weighted by Gasteiger charge is 2.38. The van der Waals surface area contributed by atoms with Gasteiger partial charge in [0.15, 0.2) is 0 Å². The number of rotatable bonds is 5. The molecule has 0 atom stereocenters. The highest BCUT2D eigenvalue weighted by molar-refractivity contribution is 6.24. The van der Waals surface area contributed by atoms with Crippen LogP contribution in [0.1, 0.15) is 22.8 Å². The van der Waals surface area contributed by atoms with Crippen LogP contribution in [0.4, 0.5) is 5.69 Å². The van der Waals surface area contributed by atoms with E-state index in [9.17, 15) is 14.4 Å². The fourth-order valence-electron chi connectivity index (χ4n) is 3.30. The summed E-state index contributed by atoms with van der Waals surface area (Å²) in [6, 6.07) is 13.5.